The minimum absolute atomic E-state index is 0.133. The summed E-state index contributed by atoms with van der Waals surface area (Å²) in [7, 11) is 0. The van der Waals surface area contributed by atoms with Crippen LogP contribution in [0.15, 0.2) is 0 Å². The summed E-state index contributed by atoms with van der Waals surface area (Å²) in [6.07, 6.45) is 4.63. The van der Waals surface area contributed by atoms with Gasteiger partial charge in [-0.15, -0.1) is 0 Å². The molecule has 20 heavy (non-hydrogen) atoms. The lowest BCUT2D eigenvalue weighted by Gasteiger charge is -2.46. The number of piperidine rings is 1. The molecule has 0 radical (unpaired) electrons. The van der Waals surface area contributed by atoms with Crippen molar-refractivity contribution in [1.29, 1.82) is 0 Å². The molecule has 1 aliphatic heterocycles. The lowest BCUT2D eigenvalue weighted by atomic mass is 9.73. The molecular weight excluding hydrogens is 258 g/mol. The Bertz CT molecular complexity index is 452. The Morgan fingerprint density at radius 2 is 1.80 bits per heavy atom. The smallest absolute Gasteiger partial charge is 0.330 e. The Morgan fingerprint density at radius 1 is 1.20 bits per heavy atom. The molecule has 5 nitrogen and oxygen atoms in total. The van der Waals surface area contributed by atoms with Crippen LogP contribution in [0.3, 0.4) is 0 Å². The number of carboxylic acid groups (broad SMARTS) is 1. The van der Waals surface area contributed by atoms with Crippen LogP contribution in [0, 0.1) is 17.8 Å². The molecule has 2 bridgehead atoms. The van der Waals surface area contributed by atoms with Crippen molar-refractivity contribution in [2.75, 3.05) is 0 Å². The van der Waals surface area contributed by atoms with Gasteiger partial charge in [-0.05, 0) is 38.0 Å². The third kappa shape index (κ3) is 1.79. The molecule has 1 heterocycles. The van der Waals surface area contributed by atoms with Crippen molar-refractivity contribution in [3.05, 3.63) is 0 Å². The minimum atomic E-state index is -1.28. The van der Waals surface area contributed by atoms with Crippen LogP contribution >= 0.6 is 0 Å². The number of rotatable bonds is 2. The van der Waals surface area contributed by atoms with E-state index in [-0.39, 0.29) is 29.6 Å². The first-order valence-corrected chi connectivity index (χ1v) is 7.57. The molecule has 0 spiro atoms. The van der Waals surface area contributed by atoms with Crippen LogP contribution in [-0.2, 0) is 14.4 Å². The molecule has 3 rings (SSSR count). The quantitative estimate of drug-likeness (QED) is 0.782. The van der Waals surface area contributed by atoms with Gasteiger partial charge in [-0.2, -0.15) is 0 Å². The largest absolute Gasteiger partial charge is 0.479 e. The second kappa shape index (κ2) is 4.57. The Labute approximate surface area is 118 Å². The molecule has 0 aromatic heterocycles. The normalized spacial score (nSPS) is 41.0. The van der Waals surface area contributed by atoms with Gasteiger partial charge in [0.25, 0.3) is 0 Å². The molecule has 3 aliphatic rings. The maximum Gasteiger partial charge on any atom is 0.330 e. The number of carboxylic acids is 1. The van der Waals surface area contributed by atoms with Crippen molar-refractivity contribution in [2.45, 2.75) is 57.4 Å². The SMILES string of the molecule is CC1CCCC(C(=O)O)(N2C(=O)C3CCC(C3)C2=O)C1. The zero-order valence-electron chi connectivity index (χ0n) is 11.8. The van der Waals surface area contributed by atoms with Gasteiger partial charge in [0, 0.05) is 11.8 Å². The summed E-state index contributed by atoms with van der Waals surface area (Å²) in [5, 5.41) is 9.74. The molecule has 2 amide bonds. The van der Waals surface area contributed by atoms with E-state index in [1.54, 1.807) is 0 Å². The molecule has 1 N–H and O–H groups in total. The molecule has 0 aromatic carbocycles. The fourth-order valence-electron chi connectivity index (χ4n) is 4.34. The average molecular weight is 279 g/mol. The zero-order valence-corrected chi connectivity index (χ0v) is 11.8. The number of aliphatic carboxylic acids is 1. The molecule has 3 fully saturated rings. The Kier molecular flexibility index (Phi) is 3.10. The van der Waals surface area contributed by atoms with Crippen LogP contribution < -0.4 is 0 Å². The highest BCUT2D eigenvalue weighted by Gasteiger charge is 2.57. The van der Waals surface area contributed by atoms with Crippen LogP contribution in [-0.4, -0.2) is 33.3 Å². The maximum atomic E-state index is 12.6. The Balaban J connectivity index is 2.00. The van der Waals surface area contributed by atoms with Gasteiger partial charge in [0.1, 0.15) is 5.54 Å². The van der Waals surface area contributed by atoms with E-state index >= 15 is 0 Å². The van der Waals surface area contributed by atoms with Crippen LogP contribution in [0.4, 0.5) is 0 Å². The number of fused-ring (bicyclic) bond motifs is 2. The standard InChI is InChI=1S/C15H21NO4/c1-9-3-2-6-15(8-9,14(19)20)16-12(17)10-4-5-11(7-10)13(16)18/h9-11H,2-8H2,1H3,(H,19,20). The van der Waals surface area contributed by atoms with E-state index in [0.717, 1.165) is 30.6 Å². The Hall–Kier alpha value is -1.39. The molecule has 2 saturated carbocycles. The van der Waals surface area contributed by atoms with E-state index in [2.05, 4.69) is 0 Å². The summed E-state index contributed by atoms with van der Waals surface area (Å²) in [4.78, 5) is 38.2. The number of hydrogen-bond donors (Lipinski definition) is 1. The van der Waals surface area contributed by atoms with Gasteiger partial charge in [0.15, 0.2) is 0 Å². The highest BCUT2D eigenvalue weighted by atomic mass is 16.4. The number of carbonyl (C=O) groups excluding carboxylic acids is 2. The van der Waals surface area contributed by atoms with Crippen LogP contribution in [0.2, 0.25) is 0 Å². The van der Waals surface area contributed by atoms with Gasteiger partial charge in [-0.25, -0.2) is 4.79 Å². The summed E-state index contributed by atoms with van der Waals surface area (Å²) in [5.41, 5.74) is -1.28. The van der Waals surface area contributed by atoms with E-state index in [0.29, 0.717) is 19.3 Å². The highest BCUT2D eigenvalue weighted by Crippen LogP contribution is 2.45. The number of likely N-dealkylation sites (tertiary alicyclic amines) is 1. The molecule has 4 unspecified atom stereocenters. The summed E-state index contributed by atoms with van der Waals surface area (Å²) in [6, 6.07) is 0. The van der Waals surface area contributed by atoms with Gasteiger partial charge in [-0.1, -0.05) is 19.8 Å². The highest BCUT2D eigenvalue weighted by molar-refractivity contribution is 6.05. The third-order valence-electron chi connectivity index (χ3n) is 5.37. The summed E-state index contributed by atoms with van der Waals surface area (Å²) < 4.78 is 0. The predicted octanol–water partition coefficient (Wildman–Crippen LogP) is 1.80. The van der Waals surface area contributed by atoms with Gasteiger partial charge in [0.05, 0.1) is 0 Å². The maximum absolute atomic E-state index is 12.6. The topological polar surface area (TPSA) is 74.7 Å². The number of amides is 2. The summed E-state index contributed by atoms with van der Waals surface area (Å²) in [6.45, 7) is 2.00. The van der Waals surface area contributed by atoms with Gasteiger partial charge < -0.3 is 5.11 Å². The first-order valence-electron chi connectivity index (χ1n) is 7.57. The van der Waals surface area contributed by atoms with Crippen LogP contribution in [0.1, 0.15) is 51.9 Å². The van der Waals surface area contributed by atoms with Gasteiger partial charge >= 0.3 is 5.97 Å². The Morgan fingerprint density at radius 3 is 2.30 bits per heavy atom. The van der Waals surface area contributed by atoms with Crippen molar-refractivity contribution in [2.24, 2.45) is 17.8 Å². The summed E-state index contributed by atoms with van der Waals surface area (Å²) >= 11 is 0. The summed E-state index contributed by atoms with van der Waals surface area (Å²) in [5.74, 6) is -1.51. The van der Waals surface area contributed by atoms with Crippen molar-refractivity contribution in [3.8, 4) is 0 Å². The third-order valence-corrected chi connectivity index (χ3v) is 5.37. The molecule has 5 heteroatoms. The number of nitrogens with zero attached hydrogens (tertiary/aromatic N) is 1. The van der Waals surface area contributed by atoms with E-state index in [4.69, 9.17) is 0 Å². The van der Waals surface area contributed by atoms with E-state index in [9.17, 15) is 19.5 Å². The lowest BCUT2D eigenvalue weighted by Crippen LogP contribution is -2.64. The van der Waals surface area contributed by atoms with Crippen molar-refractivity contribution < 1.29 is 19.5 Å². The second-order valence-electron chi connectivity index (χ2n) is 6.76. The fourth-order valence-corrected chi connectivity index (χ4v) is 4.34. The lowest BCUT2D eigenvalue weighted by molar-refractivity contribution is -0.175. The molecule has 4 atom stereocenters. The molecular formula is C15H21NO4. The van der Waals surface area contributed by atoms with E-state index < -0.39 is 11.5 Å². The van der Waals surface area contributed by atoms with Crippen LogP contribution in [0.25, 0.3) is 0 Å². The molecule has 2 aliphatic carbocycles. The first-order chi connectivity index (χ1) is 9.45. The molecule has 0 aromatic rings. The van der Waals surface area contributed by atoms with Crippen LogP contribution in [0.5, 0.6) is 0 Å². The fraction of sp³-hybridized carbons (Fsp3) is 0.800. The number of carbonyl (C=O) groups is 3. The second-order valence-corrected chi connectivity index (χ2v) is 6.76. The van der Waals surface area contributed by atoms with Crippen molar-refractivity contribution in [3.63, 3.8) is 0 Å². The minimum Gasteiger partial charge on any atom is -0.479 e. The monoisotopic (exact) mass is 279 g/mol. The van der Waals surface area contributed by atoms with Gasteiger partial charge in [0.2, 0.25) is 11.8 Å². The van der Waals surface area contributed by atoms with Gasteiger partial charge in [-0.3, -0.25) is 14.5 Å². The number of imide groups is 1. The molecule has 1 saturated heterocycles. The number of hydrogen-bond acceptors (Lipinski definition) is 3. The first kappa shape index (κ1) is 13.6. The predicted molar refractivity (Wildman–Crippen MR) is 70.7 cm³/mol. The van der Waals surface area contributed by atoms with E-state index in [1.165, 1.54) is 0 Å². The molecule has 110 valence electrons. The van der Waals surface area contributed by atoms with E-state index in [1.807, 2.05) is 6.92 Å². The zero-order chi connectivity index (χ0) is 14.5. The average Bonchev–Trinajstić information content (AvgIpc) is 2.83. The van der Waals surface area contributed by atoms with Crippen molar-refractivity contribution >= 4 is 17.8 Å². The van der Waals surface area contributed by atoms with Crippen molar-refractivity contribution in [1.82, 2.24) is 4.90 Å².